The average Bonchev–Trinajstić information content (AvgIpc) is 1.83. The molecule has 0 atom stereocenters. The van der Waals surface area contributed by atoms with Crippen molar-refractivity contribution in [2.45, 2.75) is 12.6 Å². The highest BCUT2D eigenvalue weighted by Crippen LogP contribution is 2.19. The Morgan fingerprint density at radius 3 is 2.18 bits per heavy atom. The van der Waals surface area contributed by atoms with Crippen molar-refractivity contribution in [1.29, 1.82) is 0 Å². The normalized spacial score (nSPS) is 12.5. The Morgan fingerprint density at radius 2 is 1.82 bits per heavy atom. The van der Waals surface area contributed by atoms with Gasteiger partial charge in [-0.3, -0.25) is 0 Å². The van der Waals surface area contributed by atoms with Gasteiger partial charge in [0.2, 0.25) is 0 Å². The van der Waals surface area contributed by atoms with E-state index >= 15 is 0 Å². The summed E-state index contributed by atoms with van der Waals surface area (Å²) in [5, 5.41) is 0. The molecule has 0 aliphatic rings. The molecule has 0 unspecified atom stereocenters. The SMILES string of the molecule is CN(CCS)CCC(F)(F)F. The molecule has 68 valence electrons. The predicted molar refractivity (Wildman–Crippen MR) is 42.0 cm³/mol. The van der Waals surface area contributed by atoms with E-state index in [0.717, 1.165) is 0 Å². The third kappa shape index (κ3) is 8.00. The summed E-state index contributed by atoms with van der Waals surface area (Å²) in [4.78, 5) is 1.61. The van der Waals surface area contributed by atoms with Gasteiger partial charge in [0.15, 0.2) is 0 Å². The highest BCUT2D eigenvalue weighted by Gasteiger charge is 2.26. The summed E-state index contributed by atoms with van der Waals surface area (Å²) in [6.45, 7) is 0.656. The molecule has 1 nitrogen and oxygen atoms in total. The van der Waals surface area contributed by atoms with Crippen molar-refractivity contribution >= 4 is 12.6 Å². The topological polar surface area (TPSA) is 3.24 Å². The summed E-state index contributed by atoms with van der Waals surface area (Å²) in [7, 11) is 1.65. The fourth-order valence-corrected chi connectivity index (χ4v) is 0.942. The summed E-state index contributed by atoms with van der Waals surface area (Å²) in [5.74, 6) is 0.592. The monoisotopic (exact) mass is 187 g/mol. The Hall–Kier alpha value is 0.100. The lowest BCUT2D eigenvalue weighted by Crippen LogP contribution is -2.26. The first-order valence-corrected chi connectivity index (χ1v) is 3.95. The summed E-state index contributed by atoms with van der Waals surface area (Å²) in [6.07, 6.45) is -4.78. The Balaban J connectivity index is 3.38. The number of hydrogen-bond donors (Lipinski definition) is 1. The van der Waals surface area contributed by atoms with Crippen molar-refractivity contribution in [3.8, 4) is 0 Å². The zero-order valence-electron chi connectivity index (χ0n) is 6.36. The van der Waals surface area contributed by atoms with Crippen LogP contribution in [-0.2, 0) is 0 Å². The molecule has 0 saturated carbocycles. The van der Waals surface area contributed by atoms with E-state index in [1.165, 1.54) is 0 Å². The predicted octanol–water partition coefficient (Wildman–Crippen LogP) is 1.80. The number of rotatable bonds is 4. The van der Waals surface area contributed by atoms with Crippen molar-refractivity contribution in [2.24, 2.45) is 0 Å². The van der Waals surface area contributed by atoms with Gasteiger partial charge in [-0.25, -0.2) is 0 Å². The van der Waals surface area contributed by atoms with Crippen LogP contribution in [0.4, 0.5) is 13.2 Å². The number of hydrogen-bond acceptors (Lipinski definition) is 2. The highest BCUT2D eigenvalue weighted by atomic mass is 32.1. The molecule has 0 radical (unpaired) electrons. The molecular weight excluding hydrogens is 175 g/mol. The maximum Gasteiger partial charge on any atom is 0.390 e. The van der Waals surface area contributed by atoms with Crippen LogP contribution in [0.1, 0.15) is 6.42 Å². The van der Waals surface area contributed by atoms with Crippen LogP contribution >= 0.6 is 12.6 Å². The van der Waals surface area contributed by atoms with Gasteiger partial charge in [0.1, 0.15) is 0 Å². The van der Waals surface area contributed by atoms with Gasteiger partial charge in [-0.05, 0) is 7.05 Å². The molecular formula is C6H12F3NS. The zero-order chi connectivity index (χ0) is 8.91. The molecule has 0 spiro atoms. The van der Waals surface area contributed by atoms with E-state index in [1.54, 1.807) is 11.9 Å². The first kappa shape index (κ1) is 11.1. The third-order valence-corrected chi connectivity index (χ3v) is 1.46. The van der Waals surface area contributed by atoms with E-state index in [-0.39, 0.29) is 6.54 Å². The lowest BCUT2D eigenvalue weighted by Gasteiger charge is -2.15. The first-order chi connectivity index (χ1) is 4.95. The maximum atomic E-state index is 11.6. The zero-order valence-corrected chi connectivity index (χ0v) is 7.25. The average molecular weight is 187 g/mol. The van der Waals surface area contributed by atoms with Gasteiger partial charge in [0.25, 0.3) is 0 Å². The van der Waals surface area contributed by atoms with Gasteiger partial charge < -0.3 is 4.90 Å². The highest BCUT2D eigenvalue weighted by molar-refractivity contribution is 7.80. The molecule has 0 rings (SSSR count). The van der Waals surface area contributed by atoms with Crippen LogP contribution in [0.2, 0.25) is 0 Å². The van der Waals surface area contributed by atoms with Crippen molar-refractivity contribution < 1.29 is 13.2 Å². The lowest BCUT2D eigenvalue weighted by molar-refractivity contribution is -0.137. The van der Waals surface area contributed by atoms with Crippen LogP contribution in [0.3, 0.4) is 0 Å². The Bertz CT molecular complexity index is 104. The molecule has 0 aromatic rings. The molecule has 0 bridgehead atoms. The van der Waals surface area contributed by atoms with Crippen LogP contribution in [0.5, 0.6) is 0 Å². The molecule has 0 saturated heterocycles. The molecule has 0 N–H and O–H groups in total. The second kappa shape index (κ2) is 4.87. The Labute approximate surface area is 70.0 Å². The largest absolute Gasteiger partial charge is 0.390 e. The standard InChI is InChI=1S/C6H12F3NS/c1-10(4-5-11)3-2-6(7,8)9/h11H,2-5H2,1H3. The fraction of sp³-hybridized carbons (Fsp3) is 1.00. The quantitative estimate of drug-likeness (QED) is 0.657. The molecule has 0 aromatic carbocycles. The van der Waals surface area contributed by atoms with E-state index in [0.29, 0.717) is 12.3 Å². The number of nitrogens with zero attached hydrogens (tertiary/aromatic N) is 1. The molecule has 11 heavy (non-hydrogen) atoms. The summed E-state index contributed by atoms with van der Waals surface area (Å²) in [6, 6.07) is 0. The third-order valence-electron chi connectivity index (χ3n) is 1.26. The number of alkyl halides is 3. The van der Waals surface area contributed by atoms with Crippen LogP contribution in [0, 0.1) is 0 Å². The van der Waals surface area contributed by atoms with Crippen LogP contribution in [0.25, 0.3) is 0 Å². The summed E-state index contributed by atoms with van der Waals surface area (Å²) < 4.78 is 34.8. The Kier molecular flexibility index (Phi) is 4.92. The fourth-order valence-electron chi connectivity index (χ4n) is 0.600. The Morgan fingerprint density at radius 1 is 1.27 bits per heavy atom. The smallest absolute Gasteiger partial charge is 0.305 e. The molecule has 0 aliphatic heterocycles. The van der Waals surface area contributed by atoms with E-state index < -0.39 is 12.6 Å². The lowest BCUT2D eigenvalue weighted by atomic mass is 10.4. The van der Waals surface area contributed by atoms with Crippen LogP contribution in [-0.4, -0.2) is 37.0 Å². The van der Waals surface area contributed by atoms with Crippen LogP contribution in [0.15, 0.2) is 0 Å². The van der Waals surface area contributed by atoms with E-state index in [2.05, 4.69) is 12.6 Å². The van der Waals surface area contributed by atoms with Crippen molar-refractivity contribution in [3.05, 3.63) is 0 Å². The second-order valence-electron chi connectivity index (χ2n) is 2.39. The minimum Gasteiger partial charge on any atom is -0.305 e. The first-order valence-electron chi connectivity index (χ1n) is 3.32. The molecule has 0 aromatic heterocycles. The van der Waals surface area contributed by atoms with Gasteiger partial charge >= 0.3 is 6.18 Å². The van der Waals surface area contributed by atoms with Crippen molar-refractivity contribution in [2.75, 3.05) is 25.9 Å². The molecule has 5 heteroatoms. The molecule has 0 heterocycles. The van der Waals surface area contributed by atoms with Crippen LogP contribution < -0.4 is 0 Å². The molecule has 0 fully saturated rings. The van der Waals surface area contributed by atoms with Crippen molar-refractivity contribution in [1.82, 2.24) is 4.90 Å². The van der Waals surface area contributed by atoms with Gasteiger partial charge in [-0.15, -0.1) is 0 Å². The van der Waals surface area contributed by atoms with E-state index in [1.807, 2.05) is 0 Å². The van der Waals surface area contributed by atoms with E-state index in [4.69, 9.17) is 0 Å². The summed E-state index contributed by atoms with van der Waals surface area (Å²) >= 11 is 3.90. The summed E-state index contributed by atoms with van der Waals surface area (Å²) in [5.41, 5.74) is 0. The maximum absolute atomic E-state index is 11.6. The van der Waals surface area contributed by atoms with Gasteiger partial charge in [-0.1, -0.05) is 0 Å². The van der Waals surface area contributed by atoms with E-state index in [9.17, 15) is 13.2 Å². The molecule has 0 aliphatic carbocycles. The van der Waals surface area contributed by atoms with Gasteiger partial charge in [0, 0.05) is 18.8 Å². The number of thiol groups is 1. The minimum absolute atomic E-state index is 0.0596. The van der Waals surface area contributed by atoms with Gasteiger partial charge in [-0.2, -0.15) is 25.8 Å². The molecule has 0 amide bonds. The van der Waals surface area contributed by atoms with Crippen molar-refractivity contribution in [3.63, 3.8) is 0 Å². The second-order valence-corrected chi connectivity index (χ2v) is 2.84. The minimum atomic E-state index is -4.04. The number of halogens is 3. The van der Waals surface area contributed by atoms with Gasteiger partial charge in [0.05, 0.1) is 6.42 Å².